The van der Waals surface area contributed by atoms with Crippen molar-refractivity contribution in [1.82, 2.24) is 10.2 Å². The first-order valence-corrected chi connectivity index (χ1v) is 8.50. The number of rotatable bonds is 2. The zero-order valence-electron chi connectivity index (χ0n) is 13.8. The number of nitriles is 1. The van der Waals surface area contributed by atoms with Gasteiger partial charge in [-0.15, -0.1) is 0 Å². The van der Waals surface area contributed by atoms with Crippen LogP contribution in [-0.2, 0) is 4.79 Å². The van der Waals surface area contributed by atoms with Gasteiger partial charge in [-0.05, 0) is 43.4 Å². The number of aliphatic hydroxyl groups is 1. The van der Waals surface area contributed by atoms with Gasteiger partial charge in [-0.2, -0.15) is 5.26 Å². The van der Waals surface area contributed by atoms with Gasteiger partial charge in [0.2, 0.25) is 5.91 Å². The van der Waals surface area contributed by atoms with Gasteiger partial charge in [-0.25, -0.2) is 0 Å². The molecule has 1 aliphatic carbocycles. The number of likely N-dealkylation sites (tertiary alicyclic amines) is 1. The van der Waals surface area contributed by atoms with Crippen molar-refractivity contribution < 1.29 is 9.90 Å². The number of carbonyl (C=O) groups is 1. The molecule has 4 rings (SSSR count). The van der Waals surface area contributed by atoms with Gasteiger partial charge >= 0.3 is 0 Å². The van der Waals surface area contributed by atoms with Crippen molar-refractivity contribution in [1.29, 1.82) is 5.26 Å². The summed E-state index contributed by atoms with van der Waals surface area (Å²) < 4.78 is 0. The number of fused-ring (bicyclic) bond motifs is 3. The normalized spacial score (nSPS) is 44.4. The molecule has 1 amide bonds. The highest BCUT2D eigenvalue weighted by atomic mass is 16.3. The van der Waals surface area contributed by atoms with Gasteiger partial charge in [0.05, 0.1) is 18.2 Å². The number of aliphatic hydroxyl groups excluding tert-OH is 1. The Bertz CT molecular complexity index is 515. The lowest BCUT2D eigenvalue weighted by atomic mass is 9.55. The predicted molar refractivity (Wildman–Crippen MR) is 82.8 cm³/mol. The van der Waals surface area contributed by atoms with E-state index in [1.165, 1.54) is 0 Å². The lowest BCUT2D eigenvalue weighted by Crippen LogP contribution is -2.76. The van der Waals surface area contributed by atoms with Crippen LogP contribution < -0.4 is 5.32 Å². The largest absolute Gasteiger partial charge is 0.391 e. The smallest absolute Gasteiger partial charge is 0.241 e. The Hall–Kier alpha value is -1.12. The molecule has 0 aromatic carbocycles. The summed E-state index contributed by atoms with van der Waals surface area (Å²) in [6.45, 7) is 7.01. The Labute approximate surface area is 132 Å². The molecule has 0 spiro atoms. The van der Waals surface area contributed by atoms with Crippen molar-refractivity contribution in [3.05, 3.63) is 0 Å². The Kier molecular flexibility index (Phi) is 3.73. The summed E-state index contributed by atoms with van der Waals surface area (Å²) in [5, 5.41) is 23.4. The molecule has 0 aromatic rings. The quantitative estimate of drug-likeness (QED) is 0.809. The first-order chi connectivity index (χ1) is 10.3. The van der Waals surface area contributed by atoms with Gasteiger partial charge in [-0.1, -0.05) is 20.8 Å². The number of amides is 1. The molecule has 3 aliphatic heterocycles. The fourth-order valence-electron chi connectivity index (χ4n) is 4.79. The van der Waals surface area contributed by atoms with Gasteiger partial charge in [0.25, 0.3) is 0 Å². The highest BCUT2D eigenvalue weighted by Gasteiger charge is 2.60. The molecule has 3 saturated heterocycles. The van der Waals surface area contributed by atoms with Crippen LogP contribution in [0.3, 0.4) is 0 Å². The maximum absolute atomic E-state index is 13.1. The minimum atomic E-state index is -0.402. The van der Waals surface area contributed by atoms with E-state index in [2.05, 4.69) is 32.2 Å². The van der Waals surface area contributed by atoms with Gasteiger partial charge in [-0.3, -0.25) is 10.1 Å². The van der Waals surface area contributed by atoms with E-state index in [-0.39, 0.29) is 34.9 Å². The minimum absolute atomic E-state index is 0.0585. The van der Waals surface area contributed by atoms with Crippen molar-refractivity contribution in [3.63, 3.8) is 0 Å². The van der Waals surface area contributed by atoms with Crippen LogP contribution in [0.15, 0.2) is 0 Å². The van der Waals surface area contributed by atoms with E-state index in [0.29, 0.717) is 13.0 Å². The average molecular weight is 305 g/mol. The Morgan fingerprint density at radius 3 is 2.77 bits per heavy atom. The summed E-state index contributed by atoms with van der Waals surface area (Å²) >= 11 is 0. The molecule has 2 N–H and O–H groups in total. The third-order valence-corrected chi connectivity index (χ3v) is 6.44. The second-order valence-corrected chi connectivity index (χ2v) is 7.97. The zero-order chi connectivity index (χ0) is 16.1. The van der Waals surface area contributed by atoms with Crippen LogP contribution in [0.25, 0.3) is 0 Å². The van der Waals surface area contributed by atoms with Crippen LogP contribution in [0.1, 0.15) is 52.9 Å². The van der Waals surface area contributed by atoms with Crippen molar-refractivity contribution in [3.8, 4) is 6.07 Å². The second-order valence-electron chi connectivity index (χ2n) is 7.97. The average Bonchev–Trinajstić information content (AvgIpc) is 2.94. The minimum Gasteiger partial charge on any atom is -0.391 e. The fourth-order valence-corrected chi connectivity index (χ4v) is 4.79. The number of hydrogen-bond acceptors (Lipinski definition) is 4. The Morgan fingerprint density at radius 2 is 2.18 bits per heavy atom. The summed E-state index contributed by atoms with van der Waals surface area (Å²) in [4.78, 5) is 14.8. The molecular weight excluding hydrogens is 278 g/mol. The van der Waals surface area contributed by atoms with E-state index >= 15 is 0 Å². The maximum atomic E-state index is 13.1. The third kappa shape index (κ3) is 2.08. The first-order valence-electron chi connectivity index (χ1n) is 8.50. The van der Waals surface area contributed by atoms with Crippen molar-refractivity contribution in [2.75, 3.05) is 6.54 Å². The van der Waals surface area contributed by atoms with Crippen LogP contribution in [0.5, 0.6) is 0 Å². The van der Waals surface area contributed by atoms with Crippen molar-refractivity contribution in [2.45, 2.75) is 76.6 Å². The summed E-state index contributed by atoms with van der Waals surface area (Å²) in [5.74, 6) is 0.330. The van der Waals surface area contributed by atoms with Crippen LogP contribution in [0.2, 0.25) is 0 Å². The summed E-state index contributed by atoms with van der Waals surface area (Å²) in [6.07, 6.45) is 3.82. The van der Waals surface area contributed by atoms with E-state index in [1.807, 2.05) is 0 Å². The topological polar surface area (TPSA) is 76.4 Å². The molecule has 2 bridgehead atoms. The number of carbonyl (C=O) groups excluding carboxylic acids is 1. The molecule has 4 fully saturated rings. The van der Waals surface area contributed by atoms with Gasteiger partial charge in [0.1, 0.15) is 6.04 Å². The van der Waals surface area contributed by atoms with Crippen LogP contribution in [-0.4, -0.2) is 46.2 Å². The molecule has 3 heterocycles. The van der Waals surface area contributed by atoms with E-state index in [1.54, 1.807) is 4.90 Å². The Morgan fingerprint density at radius 1 is 1.45 bits per heavy atom. The number of hydrogen-bond donors (Lipinski definition) is 2. The monoisotopic (exact) mass is 305 g/mol. The third-order valence-electron chi connectivity index (χ3n) is 6.44. The van der Waals surface area contributed by atoms with Crippen molar-refractivity contribution >= 4 is 5.91 Å². The summed E-state index contributed by atoms with van der Waals surface area (Å²) in [7, 11) is 0. The molecule has 0 aromatic heterocycles. The number of piperidine rings is 2. The molecule has 5 nitrogen and oxygen atoms in total. The van der Waals surface area contributed by atoms with E-state index in [0.717, 1.165) is 25.7 Å². The number of nitrogens with zero attached hydrogens (tertiary/aromatic N) is 2. The number of nitrogens with one attached hydrogen (secondary N) is 1. The van der Waals surface area contributed by atoms with E-state index < -0.39 is 6.10 Å². The highest BCUT2D eigenvalue weighted by Crippen LogP contribution is 2.51. The van der Waals surface area contributed by atoms with Crippen molar-refractivity contribution in [2.24, 2.45) is 11.3 Å². The molecule has 5 heteroatoms. The van der Waals surface area contributed by atoms with Crippen LogP contribution in [0, 0.1) is 22.7 Å². The highest BCUT2D eigenvalue weighted by molar-refractivity contribution is 5.84. The molecule has 0 radical (unpaired) electrons. The molecule has 4 aliphatic rings. The molecule has 122 valence electrons. The predicted octanol–water partition coefficient (Wildman–Crippen LogP) is 1.42. The molecular formula is C17H27N3O2. The lowest BCUT2D eigenvalue weighted by Gasteiger charge is -2.61. The van der Waals surface area contributed by atoms with Crippen LogP contribution in [0.4, 0.5) is 0 Å². The van der Waals surface area contributed by atoms with Gasteiger partial charge in [0.15, 0.2) is 0 Å². The van der Waals surface area contributed by atoms with Gasteiger partial charge < -0.3 is 10.0 Å². The second kappa shape index (κ2) is 5.21. The van der Waals surface area contributed by atoms with E-state index in [4.69, 9.17) is 0 Å². The molecule has 1 saturated carbocycles. The Balaban J connectivity index is 1.88. The molecule has 22 heavy (non-hydrogen) atoms. The van der Waals surface area contributed by atoms with Gasteiger partial charge in [0, 0.05) is 12.1 Å². The summed E-state index contributed by atoms with van der Waals surface area (Å²) in [5.41, 5.74) is -0.574. The summed E-state index contributed by atoms with van der Waals surface area (Å²) in [6, 6.07) is 1.70. The fraction of sp³-hybridized carbons (Fsp3) is 0.882. The lowest BCUT2D eigenvalue weighted by molar-refractivity contribution is -0.157. The maximum Gasteiger partial charge on any atom is 0.241 e. The first kappa shape index (κ1) is 15.8. The molecule has 0 unspecified atom stereocenters. The standard InChI is InChI=1S/C17H27N3O2/c1-11(2)17-7-6-16(3,9-13(17)21)14(19-17)15(22)20-8-4-5-12(20)10-18/h11-14,19,21H,4-9H2,1-3H3/t12-,13-,14+,16+,17+/m0/s1. The zero-order valence-corrected chi connectivity index (χ0v) is 13.8. The van der Waals surface area contributed by atoms with E-state index in [9.17, 15) is 15.2 Å². The SMILES string of the molecule is CC(C)[C@]12CC[C@](C)(C[C@@H]1O)[C@@H](C(=O)N1CCC[C@H]1C#N)N2. The molecule has 5 atom stereocenters. The van der Waals surface area contributed by atoms with Crippen LogP contribution >= 0.6 is 0 Å².